The number of aliphatic hydroxyl groups is 3. The Morgan fingerprint density at radius 1 is 1.00 bits per heavy atom. The fourth-order valence-electron chi connectivity index (χ4n) is 10.1. The fourth-order valence-corrected chi connectivity index (χ4v) is 10.1. The molecule has 0 amide bonds. The minimum atomic E-state index is -1.04. The Morgan fingerprint density at radius 2 is 1.79 bits per heavy atom. The van der Waals surface area contributed by atoms with Crippen molar-refractivity contribution in [1.29, 1.82) is 0 Å². The summed E-state index contributed by atoms with van der Waals surface area (Å²) in [5.41, 5.74) is 0.300. The molecule has 3 N–H and O–H groups in total. The van der Waals surface area contributed by atoms with Crippen molar-refractivity contribution in [2.45, 2.75) is 121 Å². The lowest BCUT2D eigenvalue weighted by Crippen LogP contribution is -2.62. The lowest BCUT2D eigenvalue weighted by molar-refractivity contribution is -0.313. The Kier molecular flexibility index (Phi) is 6.80. The van der Waals surface area contributed by atoms with Gasteiger partial charge in [0.25, 0.3) is 0 Å². The molecule has 38 heavy (non-hydrogen) atoms. The van der Waals surface area contributed by atoms with E-state index in [2.05, 4.69) is 13.8 Å². The number of cyclic esters (lactones) is 1. The smallest absolute Gasteiger partial charge is 0.331 e. The van der Waals surface area contributed by atoms with Gasteiger partial charge in [-0.1, -0.05) is 13.8 Å². The van der Waals surface area contributed by atoms with E-state index in [-0.39, 0.29) is 34.7 Å². The third kappa shape index (κ3) is 3.88. The van der Waals surface area contributed by atoms with Crippen molar-refractivity contribution in [2.24, 2.45) is 34.5 Å². The van der Waals surface area contributed by atoms with Crippen molar-refractivity contribution in [3.8, 4) is 0 Å². The first-order chi connectivity index (χ1) is 18.0. The molecular formula is C30H46O8. The average Bonchev–Trinajstić information content (AvgIpc) is 3.43. The first kappa shape index (κ1) is 27.2. The van der Waals surface area contributed by atoms with E-state index in [1.807, 2.05) is 0 Å². The summed E-state index contributed by atoms with van der Waals surface area (Å²) in [5.74, 6) is 1.22. The second-order valence-corrected chi connectivity index (χ2v) is 13.7. The van der Waals surface area contributed by atoms with Gasteiger partial charge in [-0.15, -0.1) is 0 Å². The van der Waals surface area contributed by atoms with Gasteiger partial charge in [-0.2, -0.15) is 0 Å². The predicted molar refractivity (Wildman–Crippen MR) is 138 cm³/mol. The highest BCUT2D eigenvalue weighted by molar-refractivity contribution is 5.85. The van der Waals surface area contributed by atoms with E-state index in [0.29, 0.717) is 18.4 Å². The second-order valence-electron chi connectivity index (χ2n) is 13.7. The summed E-state index contributed by atoms with van der Waals surface area (Å²) in [6.07, 6.45) is 6.45. The van der Waals surface area contributed by atoms with E-state index in [9.17, 15) is 20.1 Å². The van der Waals surface area contributed by atoms with E-state index >= 15 is 0 Å². The molecule has 214 valence electrons. The van der Waals surface area contributed by atoms with Crippen LogP contribution in [-0.2, 0) is 23.7 Å². The Morgan fingerprint density at radius 3 is 2.50 bits per heavy atom. The van der Waals surface area contributed by atoms with Gasteiger partial charge in [0, 0.05) is 18.6 Å². The van der Waals surface area contributed by atoms with E-state index in [4.69, 9.17) is 18.9 Å². The Bertz CT molecular complexity index is 968. The van der Waals surface area contributed by atoms with Crippen molar-refractivity contribution < 1.29 is 39.1 Å². The summed E-state index contributed by atoms with van der Waals surface area (Å²) in [5, 5.41) is 33.5. The monoisotopic (exact) mass is 534 g/mol. The number of aliphatic hydroxyl groups excluding tert-OH is 2. The van der Waals surface area contributed by atoms with E-state index < -0.39 is 36.3 Å². The normalized spacial score (nSPS) is 54.5. The highest BCUT2D eigenvalue weighted by atomic mass is 16.7. The number of carbonyl (C=O) groups excluding carboxylic acids is 1. The molecule has 2 aliphatic heterocycles. The predicted octanol–water partition coefficient (Wildman–Crippen LogP) is 3.11. The second kappa shape index (κ2) is 9.52. The van der Waals surface area contributed by atoms with Gasteiger partial charge in [-0.05, 0) is 99.4 Å². The molecule has 8 nitrogen and oxygen atoms in total. The minimum Gasteiger partial charge on any atom is -0.458 e. The van der Waals surface area contributed by atoms with Crippen LogP contribution in [0.1, 0.15) is 78.6 Å². The molecule has 0 aromatic heterocycles. The van der Waals surface area contributed by atoms with Gasteiger partial charge in [0.15, 0.2) is 6.29 Å². The molecule has 6 aliphatic rings. The standard InChI is InChI=1S/C30H46O8/c1-16-24(32)26(35-4)25(33)27(37-16)38-19-7-10-28(2)18(14-19)5-6-22-21(28)8-11-29(3)20(9-12-30(22,29)34)17-13-23(31)36-15-17/h13,16,18-22,24-27,32-34H,5-12,14-15H2,1-4H3/t16?,18-,19+,20-,21+,22-,24+,25+,26?,27+,28+,29-,30+/m1/s1. The van der Waals surface area contributed by atoms with E-state index in [0.717, 1.165) is 63.4 Å². The van der Waals surface area contributed by atoms with Gasteiger partial charge in [0.2, 0.25) is 0 Å². The number of methoxy groups -OCH3 is 1. The van der Waals surface area contributed by atoms with Gasteiger partial charge in [0.1, 0.15) is 24.9 Å². The number of hydrogen-bond acceptors (Lipinski definition) is 8. The largest absolute Gasteiger partial charge is 0.458 e. The van der Waals surface area contributed by atoms with Crippen LogP contribution in [0.25, 0.3) is 0 Å². The highest BCUT2D eigenvalue weighted by Gasteiger charge is 2.67. The number of carbonyl (C=O) groups is 1. The van der Waals surface area contributed by atoms with Crippen LogP contribution < -0.4 is 0 Å². The molecule has 0 aromatic rings. The van der Waals surface area contributed by atoms with Crippen molar-refractivity contribution in [2.75, 3.05) is 13.7 Å². The number of fused-ring (bicyclic) bond motifs is 5. The summed E-state index contributed by atoms with van der Waals surface area (Å²) < 4.78 is 22.8. The van der Waals surface area contributed by atoms with Crippen LogP contribution in [0.4, 0.5) is 0 Å². The van der Waals surface area contributed by atoms with Crippen LogP contribution in [0.2, 0.25) is 0 Å². The maximum atomic E-state index is 12.4. The molecule has 2 unspecified atom stereocenters. The topological polar surface area (TPSA) is 115 Å². The summed E-state index contributed by atoms with van der Waals surface area (Å²) in [6, 6.07) is 0. The average molecular weight is 535 g/mol. The Balaban J connectivity index is 1.16. The minimum absolute atomic E-state index is 0.0103. The van der Waals surface area contributed by atoms with Crippen LogP contribution in [0.3, 0.4) is 0 Å². The number of rotatable bonds is 4. The van der Waals surface area contributed by atoms with Gasteiger partial charge in [-0.25, -0.2) is 4.79 Å². The maximum Gasteiger partial charge on any atom is 0.331 e. The highest BCUT2D eigenvalue weighted by Crippen LogP contribution is 2.70. The summed E-state index contributed by atoms with van der Waals surface area (Å²) in [7, 11) is 1.49. The molecule has 0 bridgehead atoms. The van der Waals surface area contributed by atoms with Crippen LogP contribution in [0.15, 0.2) is 11.6 Å². The van der Waals surface area contributed by atoms with Gasteiger partial charge >= 0.3 is 5.97 Å². The van der Waals surface area contributed by atoms with Gasteiger partial charge in [-0.3, -0.25) is 0 Å². The number of hydrogen-bond donors (Lipinski definition) is 3. The quantitative estimate of drug-likeness (QED) is 0.372. The Hall–Kier alpha value is -1.03. The fraction of sp³-hybridized carbons (Fsp3) is 0.900. The van der Waals surface area contributed by atoms with Crippen molar-refractivity contribution in [1.82, 2.24) is 0 Å². The van der Waals surface area contributed by atoms with Crippen LogP contribution in [0.5, 0.6) is 0 Å². The third-order valence-electron chi connectivity index (χ3n) is 12.3. The summed E-state index contributed by atoms with van der Waals surface area (Å²) in [4.78, 5) is 11.8. The van der Waals surface area contributed by atoms with Crippen LogP contribution >= 0.6 is 0 Å². The zero-order chi connectivity index (χ0) is 27.0. The Labute approximate surface area is 226 Å². The maximum absolute atomic E-state index is 12.4. The first-order valence-corrected chi connectivity index (χ1v) is 14.8. The molecule has 5 fully saturated rings. The molecule has 8 heteroatoms. The third-order valence-corrected chi connectivity index (χ3v) is 12.3. The van der Waals surface area contributed by atoms with Crippen molar-refractivity contribution in [3.63, 3.8) is 0 Å². The molecule has 13 atom stereocenters. The molecule has 0 spiro atoms. The zero-order valence-electron chi connectivity index (χ0n) is 23.3. The molecule has 4 aliphatic carbocycles. The molecule has 6 rings (SSSR count). The summed E-state index contributed by atoms with van der Waals surface area (Å²) >= 11 is 0. The molecule has 2 heterocycles. The van der Waals surface area contributed by atoms with Gasteiger partial charge in [0.05, 0.1) is 17.8 Å². The van der Waals surface area contributed by atoms with Crippen LogP contribution in [0, 0.1) is 34.5 Å². The van der Waals surface area contributed by atoms with E-state index in [1.54, 1.807) is 13.0 Å². The number of ether oxygens (including phenoxy) is 4. The molecule has 4 saturated carbocycles. The number of esters is 1. The van der Waals surface area contributed by atoms with Crippen molar-refractivity contribution in [3.05, 3.63) is 11.6 Å². The van der Waals surface area contributed by atoms with Crippen molar-refractivity contribution >= 4 is 5.97 Å². The SMILES string of the molecule is COC1[C@@H](O)C(C)O[C@@H](O[C@H]2CC[C@@]3(C)[C@H](CC[C@@H]4[C@@H]3CC[C@]3(C)[C@@H](C5=CC(=O)OC5)CC[C@]43O)C2)[C@H]1O. The molecular weight excluding hydrogens is 488 g/mol. The van der Waals surface area contributed by atoms with E-state index in [1.165, 1.54) is 7.11 Å². The molecule has 1 saturated heterocycles. The molecule has 0 radical (unpaired) electrons. The lowest BCUT2D eigenvalue weighted by Gasteiger charge is -2.64. The summed E-state index contributed by atoms with van der Waals surface area (Å²) in [6.45, 7) is 6.87. The van der Waals surface area contributed by atoms with Crippen LogP contribution in [-0.4, -0.2) is 77.4 Å². The zero-order valence-corrected chi connectivity index (χ0v) is 23.3. The first-order valence-electron chi connectivity index (χ1n) is 14.8. The molecule has 0 aromatic carbocycles. The lowest BCUT2D eigenvalue weighted by atomic mass is 9.43. The van der Waals surface area contributed by atoms with Gasteiger partial charge < -0.3 is 34.3 Å².